The van der Waals surface area contributed by atoms with E-state index in [-0.39, 0.29) is 6.10 Å². The topological polar surface area (TPSA) is 30.5 Å². The van der Waals surface area contributed by atoms with Crippen LogP contribution in [-0.4, -0.2) is 38.5 Å². The standard InChI is InChI=1S/C10H21NO2/c1-4-6-13-9-7-8(11-5-2)10(9)12-3/h8-11H,4-7H2,1-3H3. The Bertz CT molecular complexity index is 141. The van der Waals surface area contributed by atoms with Crippen LogP contribution >= 0.6 is 0 Å². The SMILES string of the molecule is CCCOC1CC(NCC)C1OC. The average molecular weight is 187 g/mol. The highest BCUT2D eigenvalue weighted by Gasteiger charge is 2.41. The van der Waals surface area contributed by atoms with E-state index in [4.69, 9.17) is 9.47 Å². The Hall–Kier alpha value is -0.120. The van der Waals surface area contributed by atoms with Crippen molar-refractivity contribution in [3.8, 4) is 0 Å². The number of rotatable bonds is 6. The molecule has 0 aliphatic heterocycles. The maximum absolute atomic E-state index is 5.64. The second kappa shape index (κ2) is 5.58. The summed E-state index contributed by atoms with van der Waals surface area (Å²) in [5.74, 6) is 0. The van der Waals surface area contributed by atoms with E-state index >= 15 is 0 Å². The van der Waals surface area contributed by atoms with Gasteiger partial charge in [0.05, 0.1) is 12.2 Å². The Morgan fingerprint density at radius 2 is 2.15 bits per heavy atom. The van der Waals surface area contributed by atoms with Crippen LogP contribution in [0.25, 0.3) is 0 Å². The molecule has 0 radical (unpaired) electrons. The lowest BCUT2D eigenvalue weighted by molar-refractivity contribution is -0.133. The van der Waals surface area contributed by atoms with E-state index in [1.54, 1.807) is 7.11 Å². The van der Waals surface area contributed by atoms with Crippen LogP contribution in [0.1, 0.15) is 26.7 Å². The van der Waals surface area contributed by atoms with Gasteiger partial charge in [0.1, 0.15) is 0 Å². The molecular weight excluding hydrogens is 166 g/mol. The molecule has 0 bridgehead atoms. The molecule has 0 aromatic carbocycles. The highest BCUT2D eigenvalue weighted by atomic mass is 16.5. The normalized spacial score (nSPS) is 33.0. The van der Waals surface area contributed by atoms with Crippen molar-refractivity contribution < 1.29 is 9.47 Å². The first-order valence-electron chi connectivity index (χ1n) is 5.21. The van der Waals surface area contributed by atoms with Gasteiger partial charge in [-0.2, -0.15) is 0 Å². The van der Waals surface area contributed by atoms with Crippen LogP contribution in [-0.2, 0) is 9.47 Å². The van der Waals surface area contributed by atoms with Gasteiger partial charge >= 0.3 is 0 Å². The van der Waals surface area contributed by atoms with Crippen LogP contribution in [0.4, 0.5) is 0 Å². The van der Waals surface area contributed by atoms with Crippen molar-refractivity contribution in [1.29, 1.82) is 0 Å². The third kappa shape index (κ3) is 2.66. The molecule has 0 aromatic heterocycles. The zero-order valence-electron chi connectivity index (χ0n) is 8.88. The predicted molar refractivity (Wildman–Crippen MR) is 52.9 cm³/mol. The highest BCUT2D eigenvalue weighted by molar-refractivity contribution is 4.96. The molecule has 3 atom stereocenters. The van der Waals surface area contributed by atoms with E-state index in [1.165, 1.54) is 0 Å². The number of hydrogen-bond acceptors (Lipinski definition) is 3. The van der Waals surface area contributed by atoms with Gasteiger partial charge in [0.25, 0.3) is 0 Å². The molecule has 0 saturated heterocycles. The molecule has 1 fully saturated rings. The molecule has 3 nitrogen and oxygen atoms in total. The van der Waals surface area contributed by atoms with E-state index in [0.717, 1.165) is 26.0 Å². The van der Waals surface area contributed by atoms with E-state index in [2.05, 4.69) is 19.2 Å². The van der Waals surface area contributed by atoms with Crippen LogP contribution in [0.3, 0.4) is 0 Å². The molecule has 0 aromatic rings. The van der Waals surface area contributed by atoms with E-state index < -0.39 is 0 Å². The maximum Gasteiger partial charge on any atom is 0.0986 e. The fourth-order valence-electron chi connectivity index (χ4n) is 1.79. The average Bonchev–Trinajstić information content (AvgIpc) is 2.10. The molecule has 1 aliphatic carbocycles. The number of likely N-dealkylation sites (N-methyl/N-ethyl adjacent to an activating group) is 1. The first kappa shape index (κ1) is 11.0. The summed E-state index contributed by atoms with van der Waals surface area (Å²) in [7, 11) is 1.76. The molecule has 1 rings (SSSR count). The summed E-state index contributed by atoms with van der Waals surface area (Å²) in [5, 5.41) is 3.38. The quantitative estimate of drug-likeness (QED) is 0.677. The zero-order chi connectivity index (χ0) is 9.68. The third-order valence-corrected chi connectivity index (χ3v) is 2.52. The van der Waals surface area contributed by atoms with Crippen LogP contribution in [0.2, 0.25) is 0 Å². The summed E-state index contributed by atoms with van der Waals surface area (Å²) in [5.41, 5.74) is 0. The summed E-state index contributed by atoms with van der Waals surface area (Å²) in [6.45, 7) is 6.10. The van der Waals surface area contributed by atoms with Crippen molar-refractivity contribution in [2.24, 2.45) is 0 Å². The summed E-state index contributed by atoms with van der Waals surface area (Å²) >= 11 is 0. The molecule has 1 N–H and O–H groups in total. The van der Waals surface area contributed by atoms with Crippen LogP contribution in [0, 0.1) is 0 Å². The number of methoxy groups -OCH3 is 1. The summed E-state index contributed by atoms with van der Waals surface area (Å²) < 4.78 is 11.0. The minimum Gasteiger partial charge on any atom is -0.377 e. The smallest absolute Gasteiger partial charge is 0.0986 e. The van der Waals surface area contributed by atoms with Gasteiger partial charge in [-0.25, -0.2) is 0 Å². The summed E-state index contributed by atoms with van der Waals surface area (Å²) in [6, 6.07) is 0.497. The Morgan fingerprint density at radius 1 is 1.38 bits per heavy atom. The van der Waals surface area contributed by atoms with Gasteiger partial charge in [0.2, 0.25) is 0 Å². The molecule has 3 unspecified atom stereocenters. The molecule has 0 spiro atoms. The minimum atomic E-state index is 0.256. The van der Waals surface area contributed by atoms with Crippen LogP contribution < -0.4 is 5.32 Å². The lowest BCUT2D eigenvalue weighted by atomic mass is 9.85. The molecule has 13 heavy (non-hydrogen) atoms. The van der Waals surface area contributed by atoms with Gasteiger partial charge in [-0.15, -0.1) is 0 Å². The second-order valence-corrected chi connectivity index (χ2v) is 3.51. The van der Waals surface area contributed by atoms with Gasteiger partial charge < -0.3 is 14.8 Å². The lowest BCUT2D eigenvalue weighted by Crippen LogP contribution is -2.59. The van der Waals surface area contributed by atoms with E-state index in [0.29, 0.717) is 12.1 Å². The fourth-order valence-corrected chi connectivity index (χ4v) is 1.79. The van der Waals surface area contributed by atoms with Gasteiger partial charge in [-0.1, -0.05) is 13.8 Å². The molecule has 0 heterocycles. The Balaban J connectivity index is 2.21. The second-order valence-electron chi connectivity index (χ2n) is 3.51. The first-order valence-corrected chi connectivity index (χ1v) is 5.21. The molecule has 78 valence electrons. The van der Waals surface area contributed by atoms with E-state index in [1.807, 2.05) is 0 Å². The van der Waals surface area contributed by atoms with E-state index in [9.17, 15) is 0 Å². The number of ether oxygens (including phenoxy) is 2. The van der Waals surface area contributed by atoms with Crippen LogP contribution in [0.15, 0.2) is 0 Å². The van der Waals surface area contributed by atoms with Crippen molar-refractivity contribution in [2.45, 2.75) is 44.9 Å². The Labute approximate surface area is 80.8 Å². The zero-order valence-corrected chi connectivity index (χ0v) is 8.88. The molecule has 0 amide bonds. The monoisotopic (exact) mass is 187 g/mol. The van der Waals surface area contributed by atoms with Gasteiger partial charge in [0.15, 0.2) is 0 Å². The van der Waals surface area contributed by atoms with Gasteiger partial charge in [0, 0.05) is 19.8 Å². The van der Waals surface area contributed by atoms with Crippen molar-refractivity contribution in [2.75, 3.05) is 20.3 Å². The van der Waals surface area contributed by atoms with Gasteiger partial charge in [-0.05, 0) is 19.4 Å². The molecule has 3 heteroatoms. The predicted octanol–water partition coefficient (Wildman–Crippen LogP) is 1.18. The maximum atomic E-state index is 5.64. The van der Waals surface area contributed by atoms with Crippen LogP contribution in [0.5, 0.6) is 0 Å². The van der Waals surface area contributed by atoms with Crippen molar-refractivity contribution in [3.05, 3.63) is 0 Å². The number of nitrogens with one attached hydrogen (secondary N) is 1. The van der Waals surface area contributed by atoms with Crippen molar-refractivity contribution >= 4 is 0 Å². The number of hydrogen-bond donors (Lipinski definition) is 1. The molecule has 1 aliphatic rings. The molecule has 1 saturated carbocycles. The largest absolute Gasteiger partial charge is 0.377 e. The van der Waals surface area contributed by atoms with Crippen molar-refractivity contribution in [1.82, 2.24) is 5.32 Å². The highest BCUT2D eigenvalue weighted by Crippen LogP contribution is 2.26. The summed E-state index contributed by atoms with van der Waals surface area (Å²) in [6.07, 6.45) is 2.74. The minimum absolute atomic E-state index is 0.256. The summed E-state index contributed by atoms with van der Waals surface area (Å²) in [4.78, 5) is 0. The fraction of sp³-hybridized carbons (Fsp3) is 1.00. The third-order valence-electron chi connectivity index (χ3n) is 2.52. The first-order chi connectivity index (χ1) is 6.33. The van der Waals surface area contributed by atoms with Gasteiger partial charge in [-0.3, -0.25) is 0 Å². The Kier molecular flexibility index (Phi) is 4.70. The molecular formula is C10H21NO2. The van der Waals surface area contributed by atoms with Crippen molar-refractivity contribution in [3.63, 3.8) is 0 Å². The lowest BCUT2D eigenvalue weighted by Gasteiger charge is -2.43. The Morgan fingerprint density at radius 3 is 2.69 bits per heavy atom.